The molecule has 2 atom stereocenters. The molecule has 2 aromatic carbocycles. The number of benzene rings is 2. The molecule has 0 radical (unpaired) electrons. The highest BCUT2D eigenvalue weighted by Gasteiger charge is 2.21. The standard InChI is InChI=1S/C19H22FNO2/c1-13(19(22)23-14(2)21(3)4)16-10-11-17(18(20)12-16)15-8-6-5-7-9-15/h5-14H,1-4H3/t13?,14-/m0/s1. The molecule has 0 amide bonds. The third-order valence-corrected chi connectivity index (χ3v) is 3.95. The van der Waals surface area contributed by atoms with Crippen LogP contribution in [-0.2, 0) is 9.53 Å². The Hall–Kier alpha value is -2.20. The van der Waals surface area contributed by atoms with E-state index < -0.39 is 5.92 Å². The zero-order valence-corrected chi connectivity index (χ0v) is 13.9. The van der Waals surface area contributed by atoms with Crippen molar-refractivity contribution in [1.29, 1.82) is 0 Å². The van der Waals surface area contributed by atoms with Crippen molar-refractivity contribution < 1.29 is 13.9 Å². The minimum absolute atomic E-state index is 0.321. The zero-order valence-electron chi connectivity index (χ0n) is 13.9. The number of ether oxygens (including phenoxy) is 1. The van der Waals surface area contributed by atoms with Crippen molar-refractivity contribution >= 4 is 5.97 Å². The number of rotatable bonds is 5. The first-order chi connectivity index (χ1) is 10.9. The monoisotopic (exact) mass is 315 g/mol. The van der Waals surface area contributed by atoms with E-state index in [0.717, 1.165) is 5.56 Å². The molecule has 0 bridgehead atoms. The van der Waals surface area contributed by atoms with Crippen molar-refractivity contribution in [3.8, 4) is 11.1 Å². The van der Waals surface area contributed by atoms with Crippen LogP contribution in [0.4, 0.5) is 4.39 Å². The van der Waals surface area contributed by atoms with Gasteiger partial charge in [0.2, 0.25) is 0 Å². The molecule has 2 aromatic rings. The Morgan fingerprint density at radius 3 is 2.30 bits per heavy atom. The molecule has 122 valence electrons. The molecule has 0 aliphatic rings. The molecule has 0 aromatic heterocycles. The lowest BCUT2D eigenvalue weighted by molar-refractivity contribution is -0.156. The van der Waals surface area contributed by atoms with Crippen LogP contribution in [0.2, 0.25) is 0 Å². The Labute approximate surface area is 136 Å². The molecule has 0 fully saturated rings. The van der Waals surface area contributed by atoms with Crippen LogP contribution in [0.25, 0.3) is 11.1 Å². The minimum atomic E-state index is -0.517. The summed E-state index contributed by atoms with van der Waals surface area (Å²) in [4.78, 5) is 13.9. The zero-order chi connectivity index (χ0) is 17.0. The van der Waals surface area contributed by atoms with Gasteiger partial charge in [-0.2, -0.15) is 0 Å². The summed E-state index contributed by atoms with van der Waals surface area (Å²) in [6.07, 6.45) is -0.321. The molecule has 1 unspecified atom stereocenters. The second-order valence-corrected chi connectivity index (χ2v) is 5.83. The lowest BCUT2D eigenvalue weighted by atomic mass is 9.97. The fourth-order valence-corrected chi connectivity index (χ4v) is 2.16. The van der Waals surface area contributed by atoms with Gasteiger partial charge in [0.15, 0.2) is 6.23 Å². The van der Waals surface area contributed by atoms with E-state index in [4.69, 9.17) is 4.74 Å². The van der Waals surface area contributed by atoms with Gasteiger partial charge < -0.3 is 4.74 Å². The normalized spacial score (nSPS) is 13.7. The first kappa shape index (κ1) is 17.2. The first-order valence-electron chi connectivity index (χ1n) is 7.62. The highest BCUT2D eigenvalue weighted by Crippen LogP contribution is 2.26. The van der Waals surface area contributed by atoms with E-state index in [1.165, 1.54) is 6.07 Å². The molecule has 0 saturated heterocycles. The number of hydrogen-bond donors (Lipinski definition) is 0. The lowest BCUT2D eigenvalue weighted by Crippen LogP contribution is -2.31. The lowest BCUT2D eigenvalue weighted by Gasteiger charge is -2.22. The van der Waals surface area contributed by atoms with Crippen LogP contribution in [0.5, 0.6) is 0 Å². The Morgan fingerprint density at radius 1 is 1.09 bits per heavy atom. The van der Waals surface area contributed by atoms with Gasteiger partial charge >= 0.3 is 5.97 Å². The smallest absolute Gasteiger partial charge is 0.314 e. The van der Waals surface area contributed by atoms with Gasteiger partial charge in [0.1, 0.15) is 5.82 Å². The number of carbonyl (C=O) groups excluding carboxylic acids is 1. The van der Waals surface area contributed by atoms with Crippen LogP contribution >= 0.6 is 0 Å². The van der Waals surface area contributed by atoms with E-state index >= 15 is 0 Å². The van der Waals surface area contributed by atoms with E-state index in [2.05, 4.69) is 0 Å². The van der Waals surface area contributed by atoms with Gasteiger partial charge in [0.25, 0.3) is 0 Å². The van der Waals surface area contributed by atoms with Gasteiger partial charge in [0, 0.05) is 5.56 Å². The predicted octanol–water partition coefficient (Wildman–Crippen LogP) is 4.05. The summed E-state index contributed by atoms with van der Waals surface area (Å²) in [7, 11) is 3.66. The summed E-state index contributed by atoms with van der Waals surface area (Å²) in [5, 5.41) is 0. The third kappa shape index (κ3) is 4.17. The van der Waals surface area contributed by atoms with Crippen molar-refractivity contribution in [1.82, 2.24) is 4.90 Å². The average Bonchev–Trinajstić information content (AvgIpc) is 2.54. The molecule has 3 nitrogen and oxygen atoms in total. The van der Waals surface area contributed by atoms with Crippen molar-refractivity contribution in [2.75, 3.05) is 14.1 Å². The highest BCUT2D eigenvalue weighted by molar-refractivity contribution is 5.78. The second kappa shape index (κ2) is 7.38. The summed E-state index contributed by atoms with van der Waals surface area (Å²) in [5.41, 5.74) is 1.95. The predicted molar refractivity (Wildman–Crippen MR) is 89.5 cm³/mol. The Kier molecular flexibility index (Phi) is 5.50. The molecule has 23 heavy (non-hydrogen) atoms. The summed E-state index contributed by atoms with van der Waals surface area (Å²) in [6, 6.07) is 14.2. The molecule has 0 saturated carbocycles. The number of esters is 1. The van der Waals surface area contributed by atoms with E-state index in [0.29, 0.717) is 11.1 Å². The first-order valence-corrected chi connectivity index (χ1v) is 7.62. The van der Waals surface area contributed by atoms with Crippen molar-refractivity contribution in [2.45, 2.75) is 26.0 Å². The Morgan fingerprint density at radius 2 is 1.74 bits per heavy atom. The molecular weight excluding hydrogens is 293 g/mol. The maximum atomic E-state index is 14.4. The molecule has 2 rings (SSSR count). The fourth-order valence-electron chi connectivity index (χ4n) is 2.16. The minimum Gasteiger partial charge on any atom is -0.446 e. The van der Waals surface area contributed by atoms with Gasteiger partial charge in [-0.3, -0.25) is 9.69 Å². The van der Waals surface area contributed by atoms with Crippen LogP contribution in [0, 0.1) is 5.82 Å². The van der Waals surface area contributed by atoms with E-state index in [1.807, 2.05) is 44.4 Å². The van der Waals surface area contributed by atoms with Crippen LogP contribution in [-0.4, -0.2) is 31.2 Å². The molecule has 0 heterocycles. The van der Waals surface area contributed by atoms with Crippen LogP contribution in [0.1, 0.15) is 25.3 Å². The molecule has 0 spiro atoms. The number of carbonyl (C=O) groups is 1. The molecular formula is C19H22FNO2. The Bertz CT molecular complexity index is 670. The average molecular weight is 315 g/mol. The summed E-state index contributed by atoms with van der Waals surface area (Å²) in [6.45, 7) is 3.52. The topological polar surface area (TPSA) is 29.5 Å². The summed E-state index contributed by atoms with van der Waals surface area (Å²) in [5.74, 6) is -1.22. The summed E-state index contributed by atoms with van der Waals surface area (Å²) < 4.78 is 19.7. The number of halogens is 1. The molecule has 0 aliphatic heterocycles. The van der Waals surface area contributed by atoms with Gasteiger partial charge in [-0.25, -0.2) is 4.39 Å². The van der Waals surface area contributed by atoms with Crippen molar-refractivity contribution in [2.24, 2.45) is 0 Å². The maximum Gasteiger partial charge on any atom is 0.314 e. The SMILES string of the molecule is CC(C(=O)O[C@@H](C)N(C)C)c1ccc(-c2ccccc2)c(F)c1. The largest absolute Gasteiger partial charge is 0.446 e. The molecule has 4 heteroatoms. The van der Waals surface area contributed by atoms with Gasteiger partial charge in [-0.1, -0.05) is 42.5 Å². The second-order valence-electron chi connectivity index (χ2n) is 5.83. The van der Waals surface area contributed by atoms with Gasteiger partial charge in [-0.15, -0.1) is 0 Å². The van der Waals surface area contributed by atoms with Crippen molar-refractivity contribution in [3.63, 3.8) is 0 Å². The fraction of sp³-hybridized carbons (Fsp3) is 0.316. The van der Waals surface area contributed by atoms with E-state index in [1.54, 1.807) is 30.9 Å². The molecule has 0 aliphatic carbocycles. The van der Waals surface area contributed by atoms with Crippen LogP contribution < -0.4 is 0 Å². The summed E-state index contributed by atoms with van der Waals surface area (Å²) >= 11 is 0. The highest BCUT2D eigenvalue weighted by atomic mass is 19.1. The van der Waals surface area contributed by atoms with Crippen molar-refractivity contribution in [3.05, 3.63) is 59.9 Å². The van der Waals surface area contributed by atoms with Crippen LogP contribution in [0.3, 0.4) is 0 Å². The Balaban J connectivity index is 2.18. The van der Waals surface area contributed by atoms with E-state index in [-0.39, 0.29) is 18.0 Å². The number of hydrogen-bond acceptors (Lipinski definition) is 3. The molecule has 0 N–H and O–H groups in total. The maximum absolute atomic E-state index is 14.4. The quantitative estimate of drug-likeness (QED) is 0.616. The third-order valence-electron chi connectivity index (χ3n) is 3.95. The van der Waals surface area contributed by atoms with E-state index in [9.17, 15) is 9.18 Å². The van der Waals surface area contributed by atoms with Crippen LogP contribution in [0.15, 0.2) is 48.5 Å². The number of nitrogens with zero attached hydrogens (tertiary/aromatic N) is 1. The van der Waals surface area contributed by atoms with Gasteiger partial charge in [-0.05, 0) is 45.1 Å². The van der Waals surface area contributed by atoms with Gasteiger partial charge in [0.05, 0.1) is 5.92 Å².